The Morgan fingerprint density at radius 2 is 2.18 bits per heavy atom. The predicted molar refractivity (Wildman–Crippen MR) is 72.6 cm³/mol. The molecule has 1 aliphatic heterocycles. The van der Waals surface area contributed by atoms with Crippen molar-refractivity contribution in [3.63, 3.8) is 0 Å². The minimum atomic E-state index is 0.633. The number of ether oxygens (including phenoxy) is 1. The number of halogens is 1. The van der Waals surface area contributed by atoms with Crippen LogP contribution in [0.5, 0.6) is 5.75 Å². The average Bonchev–Trinajstić information content (AvgIpc) is 2.73. The number of nitrogens with zero attached hydrogens (tertiary/aromatic N) is 2. The lowest BCUT2D eigenvalue weighted by molar-refractivity contribution is 0.320. The number of aliphatic imine (C=N–C) groups is 1. The van der Waals surface area contributed by atoms with Crippen molar-refractivity contribution in [1.82, 2.24) is 10.2 Å². The monoisotopic (exact) mass is 297 g/mol. The summed E-state index contributed by atoms with van der Waals surface area (Å²) in [6.07, 6.45) is 0. The Kier molecular flexibility index (Phi) is 4.25. The summed E-state index contributed by atoms with van der Waals surface area (Å²) < 4.78 is 6.66. The fraction of sp³-hybridized carbons (Fsp3) is 0.417. The standard InChI is InChI=1S/C12H16BrN3O/c1-16-8-6-14-12(16)15-7-9-17-11-4-2-10(13)3-5-11/h2-5H,6-9H2,1H3,(H,14,15). The van der Waals surface area contributed by atoms with Gasteiger partial charge in [-0.25, -0.2) is 0 Å². The van der Waals surface area contributed by atoms with E-state index in [0.717, 1.165) is 35.8 Å². The zero-order valence-corrected chi connectivity index (χ0v) is 11.4. The van der Waals surface area contributed by atoms with Gasteiger partial charge in [0.1, 0.15) is 12.4 Å². The molecule has 5 heteroatoms. The maximum absolute atomic E-state index is 5.60. The highest BCUT2D eigenvalue weighted by atomic mass is 79.9. The van der Waals surface area contributed by atoms with Crippen LogP contribution in [-0.4, -0.2) is 44.1 Å². The Labute approximate surface area is 110 Å². The smallest absolute Gasteiger partial charge is 0.193 e. The minimum Gasteiger partial charge on any atom is -0.492 e. The number of benzene rings is 1. The van der Waals surface area contributed by atoms with Gasteiger partial charge >= 0.3 is 0 Å². The molecule has 17 heavy (non-hydrogen) atoms. The number of nitrogens with one attached hydrogen (secondary N) is 1. The van der Waals surface area contributed by atoms with Crippen LogP contribution in [0.25, 0.3) is 0 Å². The van der Waals surface area contributed by atoms with E-state index in [1.54, 1.807) is 0 Å². The molecule has 1 aliphatic rings. The van der Waals surface area contributed by atoms with E-state index in [0.29, 0.717) is 6.61 Å². The second-order valence-corrected chi connectivity index (χ2v) is 4.77. The molecule has 1 N–H and O–H groups in total. The molecular weight excluding hydrogens is 282 g/mol. The lowest BCUT2D eigenvalue weighted by atomic mass is 10.3. The van der Waals surface area contributed by atoms with Crippen molar-refractivity contribution in [2.45, 2.75) is 0 Å². The summed E-state index contributed by atoms with van der Waals surface area (Å²) in [6, 6.07) is 7.84. The van der Waals surface area contributed by atoms with Gasteiger partial charge in [0.15, 0.2) is 5.96 Å². The van der Waals surface area contributed by atoms with Crippen LogP contribution in [0.2, 0.25) is 0 Å². The Balaban J connectivity index is 1.68. The van der Waals surface area contributed by atoms with Gasteiger partial charge in [0, 0.05) is 18.1 Å². The van der Waals surface area contributed by atoms with Gasteiger partial charge < -0.3 is 15.0 Å². The predicted octanol–water partition coefficient (Wildman–Crippen LogP) is 1.72. The van der Waals surface area contributed by atoms with E-state index in [4.69, 9.17) is 4.74 Å². The molecule has 0 saturated heterocycles. The van der Waals surface area contributed by atoms with Gasteiger partial charge in [-0.1, -0.05) is 15.9 Å². The lowest BCUT2D eigenvalue weighted by Gasteiger charge is -2.15. The largest absolute Gasteiger partial charge is 0.492 e. The summed E-state index contributed by atoms with van der Waals surface area (Å²) in [4.78, 5) is 6.45. The van der Waals surface area contributed by atoms with Crippen molar-refractivity contribution in [3.05, 3.63) is 28.7 Å². The van der Waals surface area contributed by atoms with E-state index < -0.39 is 0 Å². The maximum Gasteiger partial charge on any atom is 0.193 e. The fourth-order valence-corrected chi connectivity index (χ4v) is 1.85. The first-order chi connectivity index (χ1) is 8.25. The molecule has 0 aromatic heterocycles. The van der Waals surface area contributed by atoms with Gasteiger partial charge in [-0.3, -0.25) is 4.99 Å². The van der Waals surface area contributed by atoms with Crippen molar-refractivity contribution in [3.8, 4) is 5.75 Å². The third-order valence-corrected chi connectivity index (χ3v) is 3.05. The highest BCUT2D eigenvalue weighted by molar-refractivity contribution is 9.10. The topological polar surface area (TPSA) is 36.9 Å². The molecular formula is C12H16BrN3O. The van der Waals surface area contributed by atoms with Crippen molar-refractivity contribution < 1.29 is 4.74 Å². The lowest BCUT2D eigenvalue weighted by Crippen LogP contribution is -2.37. The second-order valence-electron chi connectivity index (χ2n) is 3.86. The molecule has 1 aromatic rings. The van der Waals surface area contributed by atoms with Gasteiger partial charge in [-0.2, -0.15) is 0 Å². The highest BCUT2D eigenvalue weighted by Gasteiger charge is 2.10. The zero-order valence-electron chi connectivity index (χ0n) is 9.82. The van der Waals surface area contributed by atoms with Crippen LogP contribution in [0.15, 0.2) is 33.7 Å². The fourth-order valence-electron chi connectivity index (χ4n) is 1.59. The van der Waals surface area contributed by atoms with Crippen LogP contribution >= 0.6 is 15.9 Å². The quantitative estimate of drug-likeness (QED) is 0.860. The van der Waals surface area contributed by atoms with Crippen molar-refractivity contribution in [1.29, 1.82) is 0 Å². The van der Waals surface area contributed by atoms with Gasteiger partial charge in [-0.05, 0) is 24.3 Å². The molecule has 0 saturated carbocycles. The Morgan fingerprint density at radius 3 is 2.82 bits per heavy atom. The summed E-state index contributed by atoms with van der Waals surface area (Å²) >= 11 is 3.39. The molecule has 0 aliphatic carbocycles. The molecule has 1 aromatic carbocycles. The van der Waals surface area contributed by atoms with Crippen LogP contribution in [0.3, 0.4) is 0 Å². The molecule has 0 atom stereocenters. The molecule has 0 radical (unpaired) electrons. The SMILES string of the molecule is CN1CCN=C1NCCOc1ccc(Br)cc1. The third kappa shape index (κ3) is 3.63. The van der Waals surface area contributed by atoms with Crippen LogP contribution in [-0.2, 0) is 0 Å². The number of hydrogen-bond donors (Lipinski definition) is 1. The van der Waals surface area contributed by atoms with E-state index in [-0.39, 0.29) is 0 Å². The van der Waals surface area contributed by atoms with Gasteiger partial charge in [0.2, 0.25) is 0 Å². The van der Waals surface area contributed by atoms with E-state index in [2.05, 4.69) is 31.1 Å². The van der Waals surface area contributed by atoms with Crippen LogP contribution in [0.1, 0.15) is 0 Å². The Bertz CT molecular complexity index is 391. The van der Waals surface area contributed by atoms with E-state index in [9.17, 15) is 0 Å². The Hall–Kier alpha value is -1.23. The normalized spacial score (nSPS) is 14.7. The molecule has 4 nitrogen and oxygen atoms in total. The molecule has 0 unspecified atom stereocenters. The van der Waals surface area contributed by atoms with Crippen molar-refractivity contribution >= 4 is 21.9 Å². The first-order valence-corrected chi connectivity index (χ1v) is 6.43. The summed E-state index contributed by atoms with van der Waals surface area (Å²) in [5.41, 5.74) is 0. The number of guanidine groups is 1. The number of hydrogen-bond acceptors (Lipinski definition) is 4. The van der Waals surface area contributed by atoms with Crippen LogP contribution in [0.4, 0.5) is 0 Å². The summed E-state index contributed by atoms with van der Waals surface area (Å²) in [5.74, 6) is 1.85. The molecule has 0 bridgehead atoms. The molecule has 92 valence electrons. The zero-order chi connectivity index (χ0) is 12.1. The number of rotatable bonds is 4. The van der Waals surface area contributed by atoms with Crippen LogP contribution < -0.4 is 10.1 Å². The number of likely N-dealkylation sites (N-methyl/N-ethyl adjacent to an activating group) is 1. The highest BCUT2D eigenvalue weighted by Crippen LogP contribution is 2.15. The third-order valence-electron chi connectivity index (χ3n) is 2.53. The minimum absolute atomic E-state index is 0.633. The van der Waals surface area contributed by atoms with Crippen molar-refractivity contribution in [2.75, 3.05) is 33.3 Å². The summed E-state index contributed by atoms with van der Waals surface area (Å²) in [7, 11) is 2.04. The molecule has 0 fully saturated rings. The van der Waals surface area contributed by atoms with E-state index in [1.807, 2.05) is 31.3 Å². The van der Waals surface area contributed by atoms with Crippen LogP contribution in [0, 0.1) is 0 Å². The first-order valence-electron chi connectivity index (χ1n) is 5.63. The van der Waals surface area contributed by atoms with Gasteiger partial charge in [0.25, 0.3) is 0 Å². The maximum atomic E-state index is 5.60. The molecule has 0 spiro atoms. The molecule has 2 rings (SSSR count). The molecule has 0 amide bonds. The first kappa shape index (κ1) is 12.2. The Morgan fingerprint density at radius 1 is 1.41 bits per heavy atom. The summed E-state index contributed by atoms with van der Waals surface area (Å²) in [5, 5.41) is 3.25. The van der Waals surface area contributed by atoms with Gasteiger partial charge in [-0.15, -0.1) is 0 Å². The van der Waals surface area contributed by atoms with E-state index >= 15 is 0 Å². The molecule has 1 heterocycles. The van der Waals surface area contributed by atoms with E-state index in [1.165, 1.54) is 0 Å². The van der Waals surface area contributed by atoms with Crippen molar-refractivity contribution in [2.24, 2.45) is 4.99 Å². The second kappa shape index (κ2) is 5.91. The average molecular weight is 298 g/mol. The van der Waals surface area contributed by atoms with Gasteiger partial charge in [0.05, 0.1) is 13.1 Å². The summed E-state index contributed by atoms with van der Waals surface area (Å²) in [6.45, 7) is 3.27.